The molecule has 0 aliphatic carbocycles. The van der Waals surface area contributed by atoms with Crippen molar-refractivity contribution in [3.63, 3.8) is 0 Å². The van der Waals surface area contributed by atoms with Crippen LogP contribution in [0.1, 0.15) is 13.9 Å². The van der Waals surface area contributed by atoms with Gasteiger partial charge in [0.1, 0.15) is 0 Å². The Morgan fingerprint density at radius 2 is 2.07 bits per heavy atom. The standard InChI is InChI=1S/C10H11O3P.Na.H/c1-3-9-5-7-10(8-6-9)14(11,12)13-4-2;;/h1,5-8H,4H2,2H3,(H,11,12);;/q;+1;-1. The smallest absolute Gasteiger partial charge is 1.00 e. The van der Waals surface area contributed by atoms with Crippen LogP contribution in [0.2, 0.25) is 0 Å². The molecule has 0 aliphatic heterocycles. The normalized spacial score (nSPS) is 13.4. The molecule has 1 aromatic carbocycles. The first-order chi connectivity index (χ1) is 6.60. The summed E-state index contributed by atoms with van der Waals surface area (Å²) in [7, 11) is -3.64. The first-order valence-corrected chi connectivity index (χ1v) is 5.72. The van der Waals surface area contributed by atoms with Crippen molar-refractivity contribution < 1.29 is 45.0 Å². The van der Waals surface area contributed by atoms with Gasteiger partial charge in [-0.15, -0.1) is 6.42 Å². The maximum absolute atomic E-state index is 11.5. The molecule has 1 rings (SSSR count). The Morgan fingerprint density at radius 1 is 1.53 bits per heavy atom. The molecular weight excluding hydrogens is 222 g/mol. The van der Waals surface area contributed by atoms with E-state index < -0.39 is 7.60 Å². The Morgan fingerprint density at radius 3 is 2.47 bits per heavy atom. The molecule has 0 radical (unpaired) electrons. The van der Waals surface area contributed by atoms with Crippen molar-refractivity contribution in [3.05, 3.63) is 29.8 Å². The molecule has 0 bridgehead atoms. The van der Waals surface area contributed by atoms with Gasteiger partial charge < -0.3 is 10.8 Å². The fraction of sp³-hybridized carbons (Fsp3) is 0.200. The molecular formula is C10H12NaO3P. The van der Waals surface area contributed by atoms with Crippen LogP contribution in [0.5, 0.6) is 0 Å². The summed E-state index contributed by atoms with van der Waals surface area (Å²) in [5.74, 6) is 2.43. The molecule has 0 saturated heterocycles. The molecule has 0 fully saturated rings. The SMILES string of the molecule is C#Cc1ccc(P(=O)(O)OCC)cc1.[H-].[Na+]. The van der Waals surface area contributed by atoms with Crippen molar-refractivity contribution in [1.82, 2.24) is 0 Å². The summed E-state index contributed by atoms with van der Waals surface area (Å²) in [6.07, 6.45) is 5.15. The van der Waals surface area contributed by atoms with E-state index in [-0.39, 0.29) is 42.9 Å². The second kappa shape index (κ2) is 6.50. The third-order valence-corrected chi connectivity index (χ3v) is 3.22. The average molecular weight is 234 g/mol. The zero-order chi connectivity index (χ0) is 10.6. The van der Waals surface area contributed by atoms with Crippen molar-refractivity contribution in [1.29, 1.82) is 0 Å². The van der Waals surface area contributed by atoms with Crippen LogP contribution in [0.4, 0.5) is 0 Å². The second-order valence-corrected chi connectivity index (χ2v) is 4.44. The Labute approximate surface area is 113 Å². The molecule has 5 heteroatoms. The van der Waals surface area contributed by atoms with Crippen LogP contribution in [0.15, 0.2) is 24.3 Å². The van der Waals surface area contributed by atoms with Crippen LogP contribution >= 0.6 is 7.60 Å². The maximum atomic E-state index is 11.5. The van der Waals surface area contributed by atoms with E-state index in [9.17, 15) is 9.46 Å². The Kier molecular flexibility index (Phi) is 6.47. The minimum absolute atomic E-state index is 0. The van der Waals surface area contributed by atoms with E-state index in [1.807, 2.05) is 0 Å². The van der Waals surface area contributed by atoms with E-state index in [2.05, 4.69) is 5.92 Å². The van der Waals surface area contributed by atoms with Gasteiger partial charge in [-0.25, -0.2) is 0 Å². The van der Waals surface area contributed by atoms with Crippen molar-refractivity contribution >= 4 is 12.9 Å². The minimum atomic E-state index is -3.64. The summed E-state index contributed by atoms with van der Waals surface area (Å²) in [5.41, 5.74) is 0.672. The molecule has 76 valence electrons. The average Bonchev–Trinajstić information content (AvgIpc) is 2.18. The van der Waals surface area contributed by atoms with Crippen LogP contribution in [0.3, 0.4) is 0 Å². The maximum Gasteiger partial charge on any atom is 1.00 e. The quantitative estimate of drug-likeness (QED) is 0.399. The number of rotatable bonds is 3. The van der Waals surface area contributed by atoms with Crippen LogP contribution in [-0.4, -0.2) is 11.5 Å². The Hall–Kier alpha value is -0.0700. The molecule has 0 spiro atoms. The predicted octanol–water partition coefficient (Wildman–Crippen LogP) is -1.37. The van der Waals surface area contributed by atoms with Crippen molar-refractivity contribution in [3.8, 4) is 12.3 Å². The van der Waals surface area contributed by atoms with Gasteiger partial charge in [0.2, 0.25) is 0 Å². The van der Waals surface area contributed by atoms with Gasteiger partial charge in [0.15, 0.2) is 0 Å². The molecule has 3 nitrogen and oxygen atoms in total. The van der Waals surface area contributed by atoms with Gasteiger partial charge in [-0.1, -0.05) is 5.92 Å². The van der Waals surface area contributed by atoms with E-state index in [1.54, 1.807) is 19.1 Å². The topological polar surface area (TPSA) is 46.5 Å². The molecule has 0 aliphatic rings. The largest absolute Gasteiger partial charge is 1.00 e. The van der Waals surface area contributed by atoms with Gasteiger partial charge in [-0.05, 0) is 31.2 Å². The van der Waals surface area contributed by atoms with Crippen LogP contribution in [0, 0.1) is 12.3 Å². The monoisotopic (exact) mass is 234 g/mol. The predicted molar refractivity (Wildman–Crippen MR) is 56.6 cm³/mol. The van der Waals surface area contributed by atoms with Gasteiger partial charge in [0.25, 0.3) is 0 Å². The Bertz CT molecular complexity index is 400. The summed E-state index contributed by atoms with van der Waals surface area (Å²) in [6.45, 7) is 1.86. The fourth-order valence-electron chi connectivity index (χ4n) is 0.996. The molecule has 1 aromatic rings. The Balaban J connectivity index is 0. The van der Waals surface area contributed by atoms with E-state index in [1.165, 1.54) is 12.1 Å². The number of terminal acetylenes is 1. The first kappa shape index (κ1) is 14.9. The molecule has 1 atom stereocenters. The molecule has 0 aromatic heterocycles. The first-order valence-electron chi connectivity index (χ1n) is 4.14. The molecule has 1 unspecified atom stereocenters. The fourth-order valence-corrected chi connectivity index (χ4v) is 2.02. The van der Waals surface area contributed by atoms with Crippen LogP contribution in [-0.2, 0) is 9.09 Å². The summed E-state index contributed by atoms with van der Waals surface area (Å²) in [6, 6.07) is 6.23. The minimum Gasteiger partial charge on any atom is -1.00 e. The van der Waals surface area contributed by atoms with Gasteiger partial charge in [-0.2, -0.15) is 0 Å². The van der Waals surface area contributed by atoms with Crippen molar-refractivity contribution in [2.24, 2.45) is 0 Å². The summed E-state index contributed by atoms with van der Waals surface area (Å²) in [5, 5.41) is 0.262. The van der Waals surface area contributed by atoms with Gasteiger partial charge in [0, 0.05) is 5.56 Å². The van der Waals surface area contributed by atoms with Gasteiger partial charge in [0.05, 0.1) is 11.9 Å². The third kappa shape index (κ3) is 4.12. The zero-order valence-electron chi connectivity index (χ0n) is 9.80. The van der Waals surface area contributed by atoms with Gasteiger partial charge >= 0.3 is 37.2 Å². The summed E-state index contributed by atoms with van der Waals surface area (Å²) < 4.78 is 16.2. The van der Waals surface area contributed by atoms with E-state index in [0.29, 0.717) is 5.56 Å². The molecule has 0 amide bonds. The van der Waals surface area contributed by atoms with E-state index in [4.69, 9.17) is 10.9 Å². The van der Waals surface area contributed by atoms with Crippen LogP contribution < -0.4 is 34.9 Å². The van der Waals surface area contributed by atoms with E-state index in [0.717, 1.165) is 0 Å². The van der Waals surface area contributed by atoms with Gasteiger partial charge in [-0.3, -0.25) is 4.57 Å². The van der Waals surface area contributed by atoms with Crippen molar-refractivity contribution in [2.45, 2.75) is 6.92 Å². The molecule has 15 heavy (non-hydrogen) atoms. The molecule has 0 heterocycles. The van der Waals surface area contributed by atoms with Crippen LogP contribution in [0.25, 0.3) is 0 Å². The number of hydrogen-bond acceptors (Lipinski definition) is 2. The number of benzene rings is 1. The van der Waals surface area contributed by atoms with Crippen molar-refractivity contribution in [2.75, 3.05) is 6.61 Å². The summed E-state index contributed by atoms with van der Waals surface area (Å²) >= 11 is 0. The summed E-state index contributed by atoms with van der Waals surface area (Å²) in [4.78, 5) is 9.43. The molecule has 0 saturated carbocycles. The second-order valence-electron chi connectivity index (χ2n) is 2.63. The number of hydrogen-bond donors (Lipinski definition) is 1. The molecule has 1 N–H and O–H groups in total. The third-order valence-electron chi connectivity index (χ3n) is 1.66. The zero-order valence-corrected chi connectivity index (χ0v) is 11.7. The van der Waals surface area contributed by atoms with E-state index >= 15 is 0 Å².